The Morgan fingerprint density at radius 1 is 1.31 bits per heavy atom. The minimum Gasteiger partial charge on any atom is -0.365 e. The quantitative estimate of drug-likeness (QED) is 0.753. The number of allylic oxidation sites excluding steroid dienone is 1. The minimum absolute atomic E-state index is 0.209. The van der Waals surface area contributed by atoms with Crippen LogP contribution in [0.15, 0.2) is 30.2 Å². The summed E-state index contributed by atoms with van der Waals surface area (Å²) in [5.41, 5.74) is 6.54. The normalized spacial score (nSPS) is 16.1. The van der Waals surface area contributed by atoms with Crippen molar-refractivity contribution in [1.82, 2.24) is 19.8 Å². The fourth-order valence-electron chi connectivity index (χ4n) is 4.29. The molecule has 1 fully saturated rings. The summed E-state index contributed by atoms with van der Waals surface area (Å²) in [6, 6.07) is 6.76. The van der Waals surface area contributed by atoms with E-state index >= 15 is 0 Å². The van der Waals surface area contributed by atoms with E-state index in [1.165, 1.54) is 33.5 Å². The van der Waals surface area contributed by atoms with E-state index in [2.05, 4.69) is 50.6 Å². The number of carbonyl (C=O) groups is 1. The average molecular weight is 432 g/mol. The van der Waals surface area contributed by atoms with Gasteiger partial charge in [0.15, 0.2) is 5.82 Å². The molecule has 2 N–H and O–H groups in total. The number of nitriles is 1. The van der Waals surface area contributed by atoms with Gasteiger partial charge in [0, 0.05) is 51.8 Å². The van der Waals surface area contributed by atoms with Crippen molar-refractivity contribution in [3.05, 3.63) is 52.5 Å². The van der Waals surface area contributed by atoms with E-state index in [-0.39, 0.29) is 6.03 Å². The number of likely N-dealkylation sites (tertiary alicyclic amines) is 1. The topological polar surface area (TPSA) is 97.2 Å². The Balaban J connectivity index is 1.35. The maximum Gasteiger partial charge on any atom is 0.321 e. The van der Waals surface area contributed by atoms with Crippen LogP contribution in [0.1, 0.15) is 35.1 Å². The highest BCUT2D eigenvalue weighted by atomic mass is 16.2. The van der Waals surface area contributed by atoms with Gasteiger partial charge in [0.05, 0.1) is 12.3 Å². The summed E-state index contributed by atoms with van der Waals surface area (Å²) >= 11 is 0. The van der Waals surface area contributed by atoms with Crippen LogP contribution in [-0.2, 0) is 13.0 Å². The monoisotopic (exact) mass is 431 g/mol. The molecule has 2 heterocycles. The summed E-state index contributed by atoms with van der Waals surface area (Å²) in [4.78, 5) is 24.3. The highest BCUT2D eigenvalue weighted by Gasteiger charge is 2.23. The molecule has 1 aliphatic heterocycles. The second kappa shape index (κ2) is 9.37. The van der Waals surface area contributed by atoms with Gasteiger partial charge in [0.1, 0.15) is 12.0 Å². The summed E-state index contributed by atoms with van der Waals surface area (Å²) in [6.45, 7) is 5.05. The number of hydrogen-bond acceptors (Lipinski definition) is 6. The largest absolute Gasteiger partial charge is 0.365 e. The number of amides is 2. The molecule has 1 aromatic heterocycles. The standard InChI is InChI=1S/C24H29N7O/c1-16-19(5-4-18-10-17(12-25)11-21(16)18)14-31-8-6-20(7-9-31)28-23-22(13-26-15-27-23)29-24(32)30(2)3/h4-5,11,13,15,20H,6-10,14H2,1-3H3,(H,29,32)(H,26,27,28). The van der Waals surface area contributed by atoms with Crippen molar-refractivity contribution in [2.75, 3.05) is 37.8 Å². The van der Waals surface area contributed by atoms with Gasteiger partial charge in [-0.05, 0) is 48.1 Å². The molecular formula is C24H29N7O. The first-order chi connectivity index (χ1) is 15.4. The van der Waals surface area contributed by atoms with Gasteiger partial charge in [-0.15, -0.1) is 0 Å². The van der Waals surface area contributed by atoms with Crippen LogP contribution in [0.5, 0.6) is 0 Å². The van der Waals surface area contributed by atoms with Crippen LogP contribution >= 0.6 is 0 Å². The molecule has 2 aliphatic rings. The second-order valence-electron chi connectivity index (χ2n) is 8.69. The fraction of sp³-hybridized carbons (Fsp3) is 0.417. The van der Waals surface area contributed by atoms with Crippen molar-refractivity contribution in [3.8, 4) is 6.07 Å². The van der Waals surface area contributed by atoms with Gasteiger partial charge in [0.25, 0.3) is 0 Å². The Morgan fingerprint density at radius 3 is 2.81 bits per heavy atom. The van der Waals surface area contributed by atoms with E-state index in [0.717, 1.165) is 44.5 Å². The first kappa shape index (κ1) is 21.8. The van der Waals surface area contributed by atoms with Crippen LogP contribution in [0.2, 0.25) is 0 Å². The third-order valence-electron chi connectivity index (χ3n) is 6.24. The molecule has 1 aromatic carbocycles. The van der Waals surface area contributed by atoms with Crippen molar-refractivity contribution in [2.24, 2.45) is 0 Å². The van der Waals surface area contributed by atoms with Gasteiger partial charge >= 0.3 is 6.03 Å². The third kappa shape index (κ3) is 4.73. The number of piperidine rings is 1. The molecule has 1 saturated heterocycles. The number of carbonyl (C=O) groups excluding carboxylic acids is 1. The van der Waals surface area contributed by atoms with Crippen LogP contribution in [0.3, 0.4) is 0 Å². The zero-order valence-electron chi connectivity index (χ0n) is 18.9. The Kier molecular flexibility index (Phi) is 6.37. The molecule has 8 heteroatoms. The summed E-state index contributed by atoms with van der Waals surface area (Å²) < 4.78 is 0. The maximum absolute atomic E-state index is 12.0. The molecule has 0 radical (unpaired) electrons. The summed E-state index contributed by atoms with van der Waals surface area (Å²) in [7, 11) is 3.40. The Morgan fingerprint density at radius 2 is 2.09 bits per heavy atom. The second-order valence-corrected chi connectivity index (χ2v) is 8.69. The molecule has 0 unspecified atom stereocenters. The van der Waals surface area contributed by atoms with Crippen LogP contribution in [0.25, 0.3) is 6.08 Å². The molecule has 0 saturated carbocycles. The van der Waals surface area contributed by atoms with E-state index < -0.39 is 0 Å². The lowest BCUT2D eigenvalue weighted by Gasteiger charge is -2.33. The van der Waals surface area contributed by atoms with Crippen molar-refractivity contribution in [2.45, 2.75) is 38.8 Å². The number of nitrogens with one attached hydrogen (secondary N) is 2. The average Bonchev–Trinajstić information content (AvgIpc) is 3.22. The number of nitrogens with zero attached hydrogens (tertiary/aromatic N) is 5. The predicted molar refractivity (Wildman–Crippen MR) is 125 cm³/mol. The summed E-state index contributed by atoms with van der Waals surface area (Å²) in [5, 5.41) is 15.5. The minimum atomic E-state index is -0.209. The number of rotatable bonds is 5. The lowest BCUT2D eigenvalue weighted by atomic mass is 9.97. The Bertz CT molecular complexity index is 1080. The number of aromatic nitrogens is 2. The zero-order valence-corrected chi connectivity index (χ0v) is 18.9. The van der Waals surface area contributed by atoms with Crippen molar-refractivity contribution in [3.63, 3.8) is 0 Å². The van der Waals surface area contributed by atoms with Crippen LogP contribution in [0.4, 0.5) is 16.3 Å². The van der Waals surface area contributed by atoms with Gasteiger partial charge in [-0.1, -0.05) is 12.1 Å². The number of fused-ring (bicyclic) bond motifs is 1. The molecule has 0 spiro atoms. The summed E-state index contributed by atoms with van der Waals surface area (Å²) in [6.07, 6.45) is 7.89. The molecule has 8 nitrogen and oxygen atoms in total. The Hall–Kier alpha value is -3.44. The van der Waals surface area contributed by atoms with Crippen LogP contribution in [0, 0.1) is 18.3 Å². The van der Waals surface area contributed by atoms with Crippen molar-refractivity contribution in [1.29, 1.82) is 5.26 Å². The molecule has 32 heavy (non-hydrogen) atoms. The van der Waals surface area contributed by atoms with E-state index in [1.807, 2.05) is 6.08 Å². The lowest BCUT2D eigenvalue weighted by Crippen LogP contribution is -2.39. The SMILES string of the molecule is Cc1c(CN2CCC(Nc3ncncc3NC(=O)N(C)C)CC2)ccc2c1C=C(C#N)C2. The highest BCUT2D eigenvalue weighted by molar-refractivity contribution is 5.91. The summed E-state index contributed by atoms with van der Waals surface area (Å²) in [5.74, 6) is 0.656. The number of benzene rings is 1. The molecule has 0 bridgehead atoms. The van der Waals surface area contributed by atoms with E-state index in [0.29, 0.717) is 17.5 Å². The molecule has 4 rings (SSSR count). The predicted octanol–water partition coefficient (Wildman–Crippen LogP) is 3.42. The van der Waals surface area contributed by atoms with Crippen molar-refractivity contribution < 1.29 is 4.79 Å². The van der Waals surface area contributed by atoms with Gasteiger partial charge in [-0.3, -0.25) is 4.90 Å². The van der Waals surface area contributed by atoms with E-state index in [1.54, 1.807) is 20.3 Å². The third-order valence-corrected chi connectivity index (χ3v) is 6.24. The first-order valence-electron chi connectivity index (χ1n) is 10.9. The van der Waals surface area contributed by atoms with Crippen molar-refractivity contribution >= 4 is 23.6 Å². The van der Waals surface area contributed by atoms with E-state index in [9.17, 15) is 10.1 Å². The van der Waals surface area contributed by atoms with Gasteiger partial charge in [0.2, 0.25) is 0 Å². The van der Waals surface area contributed by atoms with Gasteiger partial charge in [-0.25, -0.2) is 14.8 Å². The van der Waals surface area contributed by atoms with E-state index in [4.69, 9.17) is 0 Å². The number of urea groups is 1. The molecule has 2 aromatic rings. The fourth-order valence-corrected chi connectivity index (χ4v) is 4.29. The van der Waals surface area contributed by atoms with Crippen LogP contribution in [-0.4, -0.2) is 59.0 Å². The number of hydrogen-bond donors (Lipinski definition) is 2. The smallest absolute Gasteiger partial charge is 0.321 e. The molecule has 0 atom stereocenters. The zero-order chi connectivity index (χ0) is 22.7. The van der Waals surface area contributed by atoms with Gasteiger partial charge < -0.3 is 15.5 Å². The lowest BCUT2D eigenvalue weighted by molar-refractivity contribution is 0.211. The molecular weight excluding hydrogens is 402 g/mol. The van der Waals surface area contributed by atoms with Gasteiger partial charge in [-0.2, -0.15) is 5.26 Å². The first-order valence-corrected chi connectivity index (χ1v) is 10.9. The molecule has 166 valence electrons. The number of anilines is 2. The highest BCUT2D eigenvalue weighted by Crippen LogP contribution is 2.30. The molecule has 2 amide bonds. The molecule has 1 aliphatic carbocycles. The maximum atomic E-state index is 12.0. The Labute approximate surface area is 189 Å². The van der Waals surface area contributed by atoms with Crippen LogP contribution < -0.4 is 10.6 Å².